The van der Waals surface area contributed by atoms with E-state index in [1.165, 1.54) is 0 Å². The molecular weight excluding hydrogens is 239 g/mol. The van der Waals surface area contributed by atoms with Crippen molar-refractivity contribution >= 4 is 11.8 Å². The third-order valence-electron chi connectivity index (χ3n) is 2.27. The number of aromatic nitrogens is 2. The van der Waals surface area contributed by atoms with Crippen LogP contribution < -0.4 is 10.6 Å². The number of aliphatic hydroxyl groups excluding tert-OH is 1. The molecule has 0 amide bonds. The monoisotopic (exact) mass is 258 g/mol. The number of aliphatic hydroxyl groups is 1. The minimum Gasteiger partial charge on any atom is -0.396 e. The van der Waals surface area contributed by atoms with Crippen molar-refractivity contribution in [2.24, 2.45) is 0 Å². The van der Waals surface area contributed by atoms with E-state index in [-0.39, 0.29) is 18.5 Å². The summed E-state index contributed by atoms with van der Waals surface area (Å²) in [4.78, 5) is 7.83. The Hall–Kier alpha value is -1.47. The van der Waals surface area contributed by atoms with Gasteiger partial charge in [-0.3, -0.25) is 0 Å². The van der Waals surface area contributed by atoms with E-state index in [0.29, 0.717) is 25.5 Å². The Morgan fingerprint density at radius 3 is 2.94 bits per heavy atom. The van der Waals surface area contributed by atoms with Gasteiger partial charge in [-0.15, -0.1) is 0 Å². The average molecular weight is 258 g/mol. The molecular formula is C11H19FN4O2. The molecule has 7 heteroatoms. The molecule has 6 nitrogen and oxygen atoms in total. The number of anilines is 2. The summed E-state index contributed by atoms with van der Waals surface area (Å²) in [6.45, 7) is 2.91. The molecule has 1 aromatic rings. The van der Waals surface area contributed by atoms with Gasteiger partial charge in [0, 0.05) is 20.3 Å². The maximum Gasteiger partial charge on any atom is 0.224 e. The zero-order valence-electron chi connectivity index (χ0n) is 10.6. The van der Waals surface area contributed by atoms with Gasteiger partial charge in [-0.25, -0.2) is 9.37 Å². The van der Waals surface area contributed by atoms with Crippen LogP contribution in [0.4, 0.5) is 16.2 Å². The van der Waals surface area contributed by atoms with Crippen LogP contribution >= 0.6 is 0 Å². The summed E-state index contributed by atoms with van der Waals surface area (Å²) in [6, 6.07) is -0.195. The first-order valence-corrected chi connectivity index (χ1v) is 5.84. The van der Waals surface area contributed by atoms with E-state index >= 15 is 0 Å². The quantitative estimate of drug-likeness (QED) is 0.641. The predicted molar refractivity (Wildman–Crippen MR) is 67.1 cm³/mol. The van der Waals surface area contributed by atoms with Crippen LogP contribution in [0.1, 0.15) is 13.3 Å². The van der Waals surface area contributed by atoms with Crippen molar-refractivity contribution in [3.8, 4) is 0 Å². The molecule has 0 fully saturated rings. The van der Waals surface area contributed by atoms with Crippen LogP contribution in [0.25, 0.3) is 0 Å². The predicted octanol–water partition coefficient (Wildman–Crippen LogP) is 0.857. The highest BCUT2D eigenvalue weighted by Crippen LogP contribution is 2.14. The summed E-state index contributed by atoms with van der Waals surface area (Å²) in [5, 5.41) is 14.7. The zero-order chi connectivity index (χ0) is 13.4. The Balaban J connectivity index is 2.76. The molecule has 0 bridgehead atoms. The third kappa shape index (κ3) is 4.42. The topological polar surface area (TPSA) is 79.3 Å². The van der Waals surface area contributed by atoms with Gasteiger partial charge in [0.05, 0.1) is 18.8 Å². The van der Waals surface area contributed by atoms with Gasteiger partial charge >= 0.3 is 0 Å². The molecule has 3 N–H and O–H groups in total. The van der Waals surface area contributed by atoms with Gasteiger partial charge in [-0.05, 0) is 13.3 Å². The molecule has 0 saturated heterocycles. The Kier molecular flexibility index (Phi) is 6.31. The number of hydrogen-bond donors (Lipinski definition) is 3. The van der Waals surface area contributed by atoms with Crippen molar-refractivity contribution in [2.75, 3.05) is 37.5 Å². The lowest BCUT2D eigenvalue weighted by atomic mass is 10.2. The second kappa shape index (κ2) is 7.78. The second-order valence-corrected chi connectivity index (χ2v) is 3.73. The summed E-state index contributed by atoms with van der Waals surface area (Å²) in [5.41, 5.74) is 0. The number of rotatable bonds is 8. The highest BCUT2D eigenvalue weighted by molar-refractivity contribution is 5.41. The number of ether oxygens (including phenoxy) is 1. The number of halogens is 1. The number of methoxy groups -OCH3 is 1. The van der Waals surface area contributed by atoms with Gasteiger partial charge in [0.1, 0.15) is 0 Å². The van der Waals surface area contributed by atoms with Crippen LogP contribution in [0.3, 0.4) is 0 Å². The summed E-state index contributed by atoms with van der Waals surface area (Å²) >= 11 is 0. The maximum atomic E-state index is 13.5. The van der Waals surface area contributed by atoms with Crippen LogP contribution in [-0.4, -0.2) is 48.0 Å². The highest BCUT2D eigenvalue weighted by Gasteiger charge is 2.13. The van der Waals surface area contributed by atoms with Gasteiger partial charge in [-0.2, -0.15) is 4.98 Å². The first kappa shape index (κ1) is 14.6. The molecule has 0 aromatic carbocycles. The standard InChI is InChI=1S/C11H19FN4O2/c1-3-13-11-14-6-9(12)10(16-11)15-8(4-5-17)7-18-2/h6,8,17H,3-5,7H2,1-2H3,(H2,13,14,15,16). The van der Waals surface area contributed by atoms with E-state index in [2.05, 4.69) is 20.6 Å². The van der Waals surface area contributed by atoms with Gasteiger partial charge in [0.2, 0.25) is 5.95 Å². The van der Waals surface area contributed by atoms with Gasteiger partial charge in [0.15, 0.2) is 11.6 Å². The Morgan fingerprint density at radius 2 is 2.33 bits per heavy atom. The zero-order valence-corrected chi connectivity index (χ0v) is 10.6. The molecule has 1 atom stereocenters. The normalized spacial score (nSPS) is 12.2. The molecule has 0 radical (unpaired) electrons. The molecule has 0 saturated carbocycles. The van der Waals surface area contributed by atoms with Crippen LogP contribution in [-0.2, 0) is 4.74 Å². The second-order valence-electron chi connectivity index (χ2n) is 3.73. The summed E-state index contributed by atoms with van der Waals surface area (Å²) in [6.07, 6.45) is 1.56. The fraction of sp³-hybridized carbons (Fsp3) is 0.636. The number of nitrogens with one attached hydrogen (secondary N) is 2. The first-order valence-electron chi connectivity index (χ1n) is 5.84. The van der Waals surface area contributed by atoms with Crippen molar-refractivity contribution in [3.63, 3.8) is 0 Å². The Labute approximate surface area is 106 Å². The minimum atomic E-state index is -0.532. The maximum absolute atomic E-state index is 13.5. The molecule has 1 aromatic heterocycles. The smallest absolute Gasteiger partial charge is 0.224 e. The highest BCUT2D eigenvalue weighted by atomic mass is 19.1. The Morgan fingerprint density at radius 1 is 1.56 bits per heavy atom. The minimum absolute atomic E-state index is 0.00615. The SMILES string of the molecule is CCNc1ncc(F)c(NC(CCO)COC)n1. The van der Waals surface area contributed by atoms with Crippen molar-refractivity contribution in [1.82, 2.24) is 9.97 Å². The van der Waals surface area contributed by atoms with Crippen molar-refractivity contribution in [3.05, 3.63) is 12.0 Å². The molecule has 1 unspecified atom stereocenters. The fourth-order valence-electron chi connectivity index (χ4n) is 1.46. The van der Waals surface area contributed by atoms with E-state index < -0.39 is 5.82 Å². The molecule has 18 heavy (non-hydrogen) atoms. The summed E-state index contributed by atoms with van der Waals surface area (Å²) < 4.78 is 18.5. The van der Waals surface area contributed by atoms with Gasteiger partial charge in [0.25, 0.3) is 0 Å². The van der Waals surface area contributed by atoms with Crippen LogP contribution in [0, 0.1) is 5.82 Å². The molecule has 0 spiro atoms. The Bertz CT molecular complexity index is 359. The number of hydrogen-bond acceptors (Lipinski definition) is 6. The molecule has 0 aliphatic rings. The van der Waals surface area contributed by atoms with Crippen LogP contribution in [0.5, 0.6) is 0 Å². The van der Waals surface area contributed by atoms with Crippen molar-refractivity contribution < 1.29 is 14.2 Å². The van der Waals surface area contributed by atoms with E-state index in [9.17, 15) is 4.39 Å². The number of nitrogens with zero attached hydrogens (tertiary/aromatic N) is 2. The van der Waals surface area contributed by atoms with E-state index in [1.54, 1.807) is 7.11 Å². The summed E-state index contributed by atoms with van der Waals surface area (Å²) in [5.74, 6) is -0.0614. The van der Waals surface area contributed by atoms with Crippen LogP contribution in [0.15, 0.2) is 6.20 Å². The van der Waals surface area contributed by atoms with Gasteiger partial charge in [-0.1, -0.05) is 0 Å². The average Bonchev–Trinajstić information content (AvgIpc) is 2.34. The molecule has 0 aliphatic heterocycles. The van der Waals surface area contributed by atoms with Crippen molar-refractivity contribution in [2.45, 2.75) is 19.4 Å². The molecule has 1 rings (SSSR count). The molecule has 1 heterocycles. The molecule has 102 valence electrons. The van der Waals surface area contributed by atoms with Gasteiger partial charge < -0.3 is 20.5 Å². The fourth-order valence-corrected chi connectivity index (χ4v) is 1.46. The van der Waals surface area contributed by atoms with Crippen molar-refractivity contribution in [1.29, 1.82) is 0 Å². The third-order valence-corrected chi connectivity index (χ3v) is 2.27. The lowest BCUT2D eigenvalue weighted by Gasteiger charge is -2.18. The van der Waals surface area contributed by atoms with E-state index in [0.717, 1.165) is 6.20 Å². The van der Waals surface area contributed by atoms with E-state index in [1.807, 2.05) is 6.92 Å². The largest absolute Gasteiger partial charge is 0.396 e. The molecule has 0 aliphatic carbocycles. The summed E-state index contributed by atoms with van der Waals surface area (Å²) in [7, 11) is 1.55. The lowest BCUT2D eigenvalue weighted by molar-refractivity contribution is 0.170. The van der Waals surface area contributed by atoms with E-state index in [4.69, 9.17) is 9.84 Å². The lowest BCUT2D eigenvalue weighted by Crippen LogP contribution is -2.27. The first-order chi connectivity index (χ1) is 8.71. The van der Waals surface area contributed by atoms with Crippen LogP contribution in [0.2, 0.25) is 0 Å².